The highest BCUT2D eigenvalue weighted by atomic mass is 31.2. The van der Waals surface area contributed by atoms with Gasteiger partial charge in [0.1, 0.15) is 12.7 Å². The molecule has 0 heterocycles. The van der Waals surface area contributed by atoms with E-state index < -0.39 is 84.5 Å². The molecule has 0 aliphatic carbocycles. The highest BCUT2D eigenvalue weighted by Gasteiger charge is 2.28. The standard InChI is InChI=1S/C44H72O16P2/c1-3-5-7-8-9-10-11-12-13-14-15-16-17-22-26-32-44(50)60-40(37-59-62(54,55)58-35-39(46)34-57-61(51,52)53)36-56-43(49)33-27-31-42(48)41(47)30-25-21-19-18-20-24-29-38(45)28-23-6-4-2/h6,9-10,12-13,15-16,18-21,23-25,29-30,38-42,45-48H,3-5,7-8,11,14,17,22,26-28,31-37H2,1-2H3,(H,54,55)(H2,51,52,53)/b10-9-,13-12-,16-15-,20-18+,21-19-,23-6-,29-24+,30-25-/t38-,39+,40-,41+,42+/m1/s1. The fourth-order valence-electron chi connectivity index (χ4n) is 4.93. The Kier molecular flexibility index (Phi) is 36.5. The molecule has 62 heavy (non-hydrogen) atoms. The lowest BCUT2D eigenvalue weighted by atomic mass is 10.1. The van der Waals surface area contributed by atoms with Gasteiger partial charge in [0, 0.05) is 12.8 Å². The lowest BCUT2D eigenvalue weighted by molar-refractivity contribution is -0.161. The molecule has 0 saturated heterocycles. The van der Waals surface area contributed by atoms with E-state index in [0.717, 1.165) is 32.1 Å². The molecule has 0 amide bonds. The number of carbonyl (C=O) groups excluding carboxylic acids is 2. The molecule has 0 aromatic carbocycles. The molecule has 0 saturated carbocycles. The van der Waals surface area contributed by atoms with E-state index in [0.29, 0.717) is 19.3 Å². The Hall–Kier alpha value is -3.08. The van der Waals surface area contributed by atoms with Gasteiger partial charge in [-0.05, 0) is 70.6 Å². The third-order valence-corrected chi connectivity index (χ3v) is 9.73. The maximum absolute atomic E-state index is 12.6. The van der Waals surface area contributed by atoms with E-state index >= 15 is 0 Å². The highest BCUT2D eigenvalue weighted by molar-refractivity contribution is 7.47. The van der Waals surface area contributed by atoms with Gasteiger partial charge in [0.25, 0.3) is 0 Å². The predicted molar refractivity (Wildman–Crippen MR) is 238 cm³/mol. The summed E-state index contributed by atoms with van der Waals surface area (Å²) in [5, 5.41) is 40.1. The average Bonchev–Trinajstić information content (AvgIpc) is 3.22. The van der Waals surface area contributed by atoms with Crippen LogP contribution in [-0.4, -0.2) is 104 Å². The number of aliphatic hydroxyl groups is 4. The summed E-state index contributed by atoms with van der Waals surface area (Å²) in [6.07, 6.45) is 33.5. The largest absolute Gasteiger partial charge is 0.472 e. The molecule has 18 heteroatoms. The first-order valence-corrected chi connectivity index (χ1v) is 24.3. The van der Waals surface area contributed by atoms with Crippen molar-refractivity contribution in [3.8, 4) is 0 Å². The van der Waals surface area contributed by atoms with Crippen molar-refractivity contribution in [1.29, 1.82) is 0 Å². The molecule has 0 radical (unpaired) electrons. The van der Waals surface area contributed by atoms with Gasteiger partial charge in [-0.1, -0.05) is 124 Å². The molecule has 16 nitrogen and oxygen atoms in total. The van der Waals surface area contributed by atoms with Gasteiger partial charge in [-0.2, -0.15) is 0 Å². The van der Waals surface area contributed by atoms with Crippen LogP contribution in [0.15, 0.2) is 97.2 Å². The zero-order chi connectivity index (χ0) is 46.3. The second-order valence-corrected chi connectivity index (χ2v) is 16.8. The summed E-state index contributed by atoms with van der Waals surface area (Å²) in [4.78, 5) is 52.7. The third kappa shape index (κ3) is 39.7. The van der Waals surface area contributed by atoms with Crippen LogP contribution in [0.4, 0.5) is 0 Å². The maximum Gasteiger partial charge on any atom is 0.472 e. The van der Waals surface area contributed by atoms with E-state index in [1.165, 1.54) is 25.3 Å². The quantitative estimate of drug-likeness (QED) is 0.0104. The van der Waals surface area contributed by atoms with Gasteiger partial charge in [0.05, 0.1) is 38.1 Å². The third-order valence-electron chi connectivity index (χ3n) is 8.29. The molecule has 0 fully saturated rings. The normalized spacial score (nSPS) is 16.5. The van der Waals surface area contributed by atoms with Crippen LogP contribution in [0.3, 0.4) is 0 Å². The van der Waals surface area contributed by atoms with Crippen molar-refractivity contribution in [1.82, 2.24) is 0 Å². The molecular formula is C44H72O16P2. The van der Waals surface area contributed by atoms with E-state index in [4.69, 9.17) is 23.8 Å². The fraction of sp³-hybridized carbons (Fsp3) is 0.591. The number of esters is 2. The molecule has 0 aliphatic rings. The molecule has 0 spiro atoms. The van der Waals surface area contributed by atoms with Crippen molar-refractivity contribution in [3.63, 3.8) is 0 Å². The summed E-state index contributed by atoms with van der Waals surface area (Å²) in [6.45, 7) is 1.07. The minimum absolute atomic E-state index is 0.00274. The van der Waals surface area contributed by atoms with Crippen molar-refractivity contribution in [3.05, 3.63) is 97.2 Å². The molecule has 6 atom stereocenters. The first kappa shape index (κ1) is 58.9. The van der Waals surface area contributed by atoms with Crippen molar-refractivity contribution >= 4 is 27.6 Å². The van der Waals surface area contributed by atoms with Gasteiger partial charge in [0.2, 0.25) is 0 Å². The summed E-state index contributed by atoms with van der Waals surface area (Å²) in [7, 11) is -9.82. The van der Waals surface area contributed by atoms with Gasteiger partial charge in [-0.15, -0.1) is 0 Å². The lowest BCUT2D eigenvalue weighted by Crippen LogP contribution is -2.30. The fourth-order valence-corrected chi connectivity index (χ4v) is 6.08. The summed E-state index contributed by atoms with van der Waals surface area (Å²) in [5.41, 5.74) is 0. The number of phosphoric acid groups is 2. The Balaban J connectivity index is 4.93. The molecule has 7 N–H and O–H groups in total. The van der Waals surface area contributed by atoms with Crippen LogP contribution in [0.1, 0.15) is 110 Å². The van der Waals surface area contributed by atoms with Gasteiger partial charge in [0.15, 0.2) is 6.10 Å². The minimum Gasteiger partial charge on any atom is -0.462 e. The summed E-state index contributed by atoms with van der Waals surface area (Å²) in [6, 6.07) is 0. The van der Waals surface area contributed by atoms with Crippen LogP contribution >= 0.6 is 15.6 Å². The van der Waals surface area contributed by atoms with E-state index in [1.54, 1.807) is 42.5 Å². The average molecular weight is 919 g/mol. The monoisotopic (exact) mass is 918 g/mol. The van der Waals surface area contributed by atoms with Crippen LogP contribution in [0.2, 0.25) is 0 Å². The van der Waals surface area contributed by atoms with Crippen LogP contribution in [0.5, 0.6) is 0 Å². The molecule has 0 aromatic rings. The Morgan fingerprint density at radius 3 is 1.79 bits per heavy atom. The van der Waals surface area contributed by atoms with Crippen LogP contribution in [-0.2, 0) is 41.8 Å². The summed E-state index contributed by atoms with van der Waals surface area (Å²) >= 11 is 0. The van der Waals surface area contributed by atoms with Crippen LogP contribution < -0.4 is 0 Å². The van der Waals surface area contributed by atoms with Crippen molar-refractivity contribution < 1.29 is 76.9 Å². The number of phosphoric ester groups is 2. The number of aliphatic hydroxyl groups excluding tert-OH is 4. The number of carbonyl (C=O) groups is 2. The summed E-state index contributed by atoms with van der Waals surface area (Å²) < 4.78 is 47.4. The first-order chi connectivity index (χ1) is 29.6. The van der Waals surface area contributed by atoms with Crippen LogP contribution in [0.25, 0.3) is 0 Å². The SMILES string of the molecule is CC/C=C\C[C@@H](O)/C=C/C=C/C=C\C=C/[C@H](O)[C@@H](O)CCCC(=O)OC[C@H](COP(=O)(O)OC[C@@H](O)COP(=O)(O)O)OC(=O)CCCC/C=C\C/C=C\C/C=C\CCCCC. The molecule has 0 rings (SSSR count). The van der Waals surface area contributed by atoms with Gasteiger partial charge in [-0.3, -0.25) is 23.2 Å². The zero-order valence-electron chi connectivity index (χ0n) is 36.3. The number of allylic oxidation sites excluding steroid dienone is 13. The van der Waals surface area contributed by atoms with Crippen molar-refractivity contribution in [2.75, 3.05) is 26.4 Å². The number of unbranched alkanes of at least 4 members (excludes halogenated alkanes) is 5. The predicted octanol–water partition coefficient (Wildman–Crippen LogP) is 7.47. The van der Waals surface area contributed by atoms with Crippen LogP contribution in [0, 0.1) is 0 Å². The molecule has 1 unspecified atom stereocenters. The number of rotatable bonds is 38. The first-order valence-electron chi connectivity index (χ1n) is 21.3. The number of ether oxygens (including phenoxy) is 2. The molecular weight excluding hydrogens is 846 g/mol. The Morgan fingerprint density at radius 2 is 1.16 bits per heavy atom. The van der Waals surface area contributed by atoms with Gasteiger partial charge in [-0.25, -0.2) is 9.13 Å². The Morgan fingerprint density at radius 1 is 0.597 bits per heavy atom. The van der Waals surface area contributed by atoms with E-state index in [1.807, 2.05) is 31.2 Å². The zero-order valence-corrected chi connectivity index (χ0v) is 38.0. The topological polar surface area (TPSA) is 256 Å². The molecule has 354 valence electrons. The van der Waals surface area contributed by atoms with Gasteiger partial charge < -0.3 is 44.6 Å². The van der Waals surface area contributed by atoms with Gasteiger partial charge >= 0.3 is 27.6 Å². The maximum atomic E-state index is 12.6. The smallest absolute Gasteiger partial charge is 0.462 e. The summed E-state index contributed by atoms with van der Waals surface area (Å²) in [5.74, 6) is -1.42. The van der Waals surface area contributed by atoms with E-state index in [9.17, 15) is 44.0 Å². The Bertz CT molecular complexity index is 1510. The number of hydrogen-bond donors (Lipinski definition) is 7. The number of hydrogen-bond acceptors (Lipinski definition) is 13. The molecule has 0 bridgehead atoms. The lowest BCUT2D eigenvalue weighted by Gasteiger charge is -2.20. The second kappa shape index (κ2) is 38.4. The molecule has 0 aromatic heterocycles. The van der Waals surface area contributed by atoms with E-state index in [-0.39, 0.29) is 25.7 Å². The minimum atomic E-state index is -4.91. The van der Waals surface area contributed by atoms with E-state index in [2.05, 4.69) is 40.3 Å². The van der Waals surface area contributed by atoms with Crippen molar-refractivity contribution in [2.45, 2.75) is 141 Å². The molecule has 0 aliphatic heterocycles. The Labute approximate surface area is 367 Å². The van der Waals surface area contributed by atoms with Crippen molar-refractivity contribution in [2.24, 2.45) is 0 Å². The highest BCUT2D eigenvalue weighted by Crippen LogP contribution is 2.43. The second-order valence-electron chi connectivity index (χ2n) is 14.1.